The van der Waals surface area contributed by atoms with Gasteiger partial charge in [-0.1, -0.05) is 12.1 Å². The summed E-state index contributed by atoms with van der Waals surface area (Å²) < 4.78 is 11.6. The summed E-state index contributed by atoms with van der Waals surface area (Å²) in [4.78, 5) is 13.8. The van der Waals surface area contributed by atoms with Crippen LogP contribution >= 0.6 is 0 Å². The van der Waals surface area contributed by atoms with Crippen LogP contribution in [0, 0.1) is 6.92 Å². The van der Waals surface area contributed by atoms with Crippen LogP contribution in [0.15, 0.2) is 30.5 Å². The van der Waals surface area contributed by atoms with E-state index < -0.39 is 0 Å². The van der Waals surface area contributed by atoms with Crippen molar-refractivity contribution in [1.29, 1.82) is 0 Å². The number of benzene rings is 1. The molecular formula is C18H24N4O3. The molecular weight excluding hydrogens is 320 g/mol. The van der Waals surface area contributed by atoms with Crippen molar-refractivity contribution in [2.24, 2.45) is 0 Å². The number of H-pyrrole nitrogens is 1. The number of fused-ring (bicyclic) bond motifs is 1. The molecule has 0 saturated carbocycles. The number of urea groups is 1. The van der Waals surface area contributed by atoms with Gasteiger partial charge in [0.25, 0.3) is 0 Å². The maximum atomic E-state index is 12.2. The topological polar surface area (TPSA) is 79.5 Å². The molecule has 1 aliphatic rings. The molecule has 0 aliphatic carbocycles. The number of aromatic amines is 1. The zero-order valence-corrected chi connectivity index (χ0v) is 14.6. The second-order valence-electron chi connectivity index (χ2n) is 6.23. The molecule has 1 aliphatic heterocycles. The Morgan fingerprint density at radius 3 is 2.96 bits per heavy atom. The summed E-state index contributed by atoms with van der Waals surface area (Å²) >= 11 is 0. The van der Waals surface area contributed by atoms with Crippen molar-refractivity contribution in [3.05, 3.63) is 41.7 Å². The van der Waals surface area contributed by atoms with E-state index in [0.29, 0.717) is 19.7 Å². The number of likely N-dealkylation sites (N-methyl/N-ethyl adjacent to an activating group) is 1. The fourth-order valence-electron chi connectivity index (χ4n) is 2.78. The minimum Gasteiger partial charge on any atom is -0.486 e. The van der Waals surface area contributed by atoms with Crippen molar-refractivity contribution in [2.45, 2.75) is 25.9 Å². The van der Waals surface area contributed by atoms with Crippen LogP contribution in [0.3, 0.4) is 0 Å². The Hall–Kier alpha value is -2.70. The number of aryl methyl sites for hydroxylation is 2. The van der Waals surface area contributed by atoms with Crippen LogP contribution in [0.4, 0.5) is 4.79 Å². The third-order valence-corrected chi connectivity index (χ3v) is 4.23. The molecule has 2 aromatic rings. The van der Waals surface area contributed by atoms with Gasteiger partial charge in [0.05, 0.1) is 12.7 Å². The van der Waals surface area contributed by atoms with Crippen LogP contribution in [0.1, 0.15) is 17.7 Å². The third kappa shape index (κ3) is 4.43. The van der Waals surface area contributed by atoms with E-state index >= 15 is 0 Å². The predicted molar refractivity (Wildman–Crippen MR) is 94.0 cm³/mol. The molecule has 0 bridgehead atoms. The molecule has 2 heterocycles. The van der Waals surface area contributed by atoms with Crippen molar-refractivity contribution >= 4 is 6.03 Å². The van der Waals surface area contributed by atoms with E-state index in [0.717, 1.165) is 30.0 Å². The summed E-state index contributed by atoms with van der Waals surface area (Å²) in [6.07, 6.45) is 3.43. The molecule has 2 N–H and O–H groups in total. The highest BCUT2D eigenvalue weighted by Crippen LogP contribution is 2.30. The number of hydrogen-bond donors (Lipinski definition) is 2. The molecule has 134 valence electrons. The molecule has 25 heavy (non-hydrogen) atoms. The number of para-hydroxylation sites is 2. The predicted octanol–water partition coefficient (Wildman–Crippen LogP) is 2.13. The van der Waals surface area contributed by atoms with Gasteiger partial charge in [0.2, 0.25) is 0 Å². The van der Waals surface area contributed by atoms with Crippen molar-refractivity contribution in [3.8, 4) is 11.5 Å². The minimum atomic E-state index is -0.167. The second kappa shape index (κ2) is 7.92. The average molecular weight is 344 g/mol. The van der Waals surface area contributed by atoms with Gasteiger partial charge in [-0.2, -0.15) is 5.10 Å². The Balaban J connectivity index is 1.39. The van der Waals surface area contributed by atoms with Gasteiger partial charge in [0.1, 0.15) is 6.61 Å². The molecule has 1 aromatic heterocycles. The van der Waals surface area contributed by atoms with Crippen molar-refractivity contribution in [1.82, 2.24) is 20.4 Å². The molecule has 1 atom stereocenters. The highest BCUT2D eigenvalue weighted by molar-refractivity contribution is 5.73. The van der Waals surface area contributed by atoms with Crippen LogP contribution in [-0.4, -0.2) is 54.0 Å². The monoisotopic (exact) mass is 344 g/mol. The van der Waals surface area contributed by atoms with E-state index in [2.05, 4.69) is 15.5 Å². The lowest BCUT2D eigenvalue weighted by atomic mass is 10.1. The summed E-state index contributed by atoms with van der Waals surface area (Å²) in [7, 11) is 1.76. The zero-order valence-electron chi connectivity index (χ0n) is 14.6. The van der Waals surface area contributed by atoms with Crippen LogP contribution < -0.4 is 14.8 Å². The van der Waals surface area contributed by atoms with Gasteiger partial charge >= 0.3 is 6.03 Å². The molecule has 7 heteroatoms. The summed E-state index contributed by atoms with van der Waals surface area (Å²) in [6, 6.07) is 7.46. The Bertz CT molecular complexity index is 716. The summed E-state index contributed by atoms with van der Waals surface area (Å²) in [5.74, 6) is 1.48. The van der Waals surface area contributed by atoms with Crippen LogP contribution in [0.5, 0.6) is 11.5 Å². The lowest BCUT2D eigenvalue weighted by molar-refractivity contribution is 0.0716. The first kappa shape index (κ1) is 17.1. The number of hydrogen-bond acceptors (Lipinski definition) is 4. The Labute approximate surface area is 147 Å². The number of carbonyl (C=O) groups excluding carboxylic acids is 1. The molecule has 0 spiro atoms. The van der Waals surface area contributed by atoms with E-state index in [9.17, 15) is 4.79 Å². The Morgan fingerprint density at radius 2 is 2.20 bits per heavy atom. The smallest absolute Gasteiger partial charge is 0.317 e. The number of aromatic nitrogens is 2. The van der Waals surface area contributed by atoms with E-state index in [1.54, 1.807) is 11.9 Å². The number of nitrogens with zero attached hydrogens (tertiary/aromatic N) is 2. The fraction of sp³-hybridized carbons (Fsp3) is 0.444. The highest BCUT2D eigenvalue weighted by atomic mass is 16.6. The van der Waals surface area contributed by atoms with Crippen LogP contribution in [-0.2, 0) is 6.42 Å². The number of amides is 2. The first-order valence-electron chi connectivity index (χ1n) is 8.50. The lowest BCUT2D eigenvalue weighted by Crippen LogP contribution is -2.45. The maximum Gasteiger partial charge on any atom is 0.317 e. The van der Waals surface area contributed by atoms with Crippen LogP contribution in [0.25, 0.3) is 0 Å². The molecule has 1 unspecified atom stereocenters. The molecule has 7 nitrogen and oxygen atoms in total. The van der Waals surface area contributed by atoms with Gasteiger partial charge in [0, 0.05) is 19.3 Å². The summed E-state index contributed by atoms with van der Waals surface area (Å²) in [6.45, 7) is 3.53. The normalized spacial score (nSPS) is 15.7. The van der Waals surface area contributed by atoms with Gasteiger partial charge in [-0.25, -0.2) is 4.79 Å². The van der Waals surface area contributed by atoms with Gasteiger partial charge < -0.3 is 19.7 Å². The summed E-state index contributed by atoms with van der Waals surface area (Å²) in [5.41, 5.74) is 2.27. The number of nitrogens with one attached hydrogen (secondary N) is 2. The lowest BCUT2D eigenvalue weighted by Gasteiger charge is -2.29. The van der Waals surface area contributed by atoms with Gasteiger partial charge in [-0.3, -0.25) is 5.10 Å². The quantitative estimate of drug-likeness (QED) is 0.787. The second-order valence-corrected chi connectivity index (χ2v) is 6.23. The molecule has 0 fully saturated rings. The largest absolute Gasteiger partial charge is 0.486 e. The van der Waals surface area contributed by atoms with Gasteiger partial charge in [-0.15, -0.1) is 0 Å². The van der Waals surface area contributed by atoms with E-state index in [1.807, 2.05) is 37.4 Å². The van der Waals surface area contributed by atoms with Crippen molar-refractivity contribution < 1.29 is 14.3 Å². The minimum absolute atomic E-state index is 0.105. The van der Waals surface area contributed by atoms with Gasteiger partial charge in [0.15, 0.2) is 17.6 Å². The molecule has 1 aromatic carbocycles. The first-order chi connectivity index (χ1) is 12.1. The van der Waals surface area contributed by atoms with Crippen molar-refractivity contribution in [2.75, 3.05) is 26.7 Å². The van der Waals surface area contributed by atoms with E-state index in [-0.39, 0.29) is 12.1 Å². The number of rotatable bonds is 6. The van der Waals surface area contributed by atoms with E-state index in [1.165, 1.54) is 5.56 Å². The number of ether oxygens (including phenoxy) is 2. The zero-order chi connectivity index (χ0) is 17.6. The standard InChI is InChI=1S/C18H24N4O3/c1-13-14(10-20-21-13)6-5-9-19-18(23)22(2)11-15-12-24-16-7-3-4-8-17(16)25-15/h3-4,7-8,10,15H,5-6,9,11-12H2,1-2H3,(H,19,23)(H,20,21). The maximum absolute atomic E-state index is 12.2. The van der Waals surface area contributed by atoms with Crippen molar-refractivity contribution in [3.63, 3.8) is 0 Å². The molecule has 0 radical (unpaired) electrons. The molecule has 2 amide bonds. The Morgan fingerprint density at radius 1 is 1.40 bits per heavy atom. The van der Waals surface area contributed by atoms with Gasteiger partial charge in [-0.05, 0) is 37.5 Å². The molecule has 0 saturated heterocycles. The third-order valence-electron chi connectivity index (χ3n) is 4.23. The number of carbonyl (C=O) groups is 1. The highest BCUT2D eigenvalue weighted by Gasteiger charge is 2.23. The van der Waals surface area contributed by atoms with Crippen LogP contribution in [0.2, 0.25) is 0 Å². The molecule has 3 rings (SSSR count). The average Bonchev–Trinajstić information content (AvgIpc) is 3.03. The fourth-order valence-corrected chi connectivity index (χ4v) is 2.78. The summed E-state index contributed by atoms with van der Waals surface area (Å²) in [5, 5.41) is 9.85. The Kier molecular flexibility index (Phi) is 5.42. The first-order valence-corrected chi connectivity index (χ1v) is 8.50. The van der Waals surface area contributed by atoms with E-state index in [4.69, 9.17) is 9.47 Å². The SMILES string of the molecule is Cc1[nH]ncc1CCCNC(=O)N(C)CC1COc2ccccc2O1.